The molecule has 1 aliphatic heterocycles. The van der Waals surface area contributed by atoms with Crippen molar-refractivity contribution in [1.29, 1.82) is 0 Å². The molecular formula is C18H25N3O3. The number of nitrogens with one attached hydrogen (secondary N) is 2. The van der Waals surface area contributed by atoms with Crippen LogP contribution in [-0.2, 0) is 4.79 Å². The molecule has 3 amide bonds. The molecule has 130 valence electrons. The summed E-state index contributed by atoms with van der Waals surface area (Å²) in [7, 11) is 1.57. The fraction of sp³-hybridized carbons (Fsp3) is 0.556. The normalized spacial score (nSPS) is 20.9. The Kier molecular flexibility index (Phi) is 5.23. The summed E-state index contributed by atoms with van der Waals surface area (Å²) in [6, 6.07) is 6.93. The number of carbonyl (C=O) groups excluding carboxylic acids is 2. The van der Waals surface area contributed by atoms with Crippen molar-refractivity contribution in [3.63, 3.8) is 0 Å². The third-order valence-corrected chi connectivity index (χ3v) is 4.87. The zero-order chi connectivity index (χ0) is 16.9. The Bertz CT molecular complexity index is 599. The maximum atomic E-state index is 12.6. The second kappa shape index (κ2) is 7.55. The molecule has 0 radical (unpaired) electrons. The van der Waals surface area contributed by atoms with Gasteiger partial charge in [0.25, 0.3) is 0 Å². The summed E-state index contributed by atoms with van der Waals surface area (Å²) < 4.78 is 5.26. The predicted octanol–water partition coefficient (Wildman–Crippen LogP) is 2.75. The Morgan fingerprint density at radius 1 is 1.12 bits per heavy atom. The number of anilines is 1. The Balaban J connectivity index is 1.63. The van der Waals surface area contributed by atoms with E-state index in [4.69, 9.17) is 4.74 Å². The number of methoxy groups -OCH3 is 1. The quantitative estimate of drug-likeness (QED) is 0.891. The molecule has 0 bridgehead atoms. The van der Waals surface area contributed by atoms with Crippen LogP contribution in [0.3, 0.4) is 0 Å². The maximum absolute atomic E-state index is 12.6. The summed E-state index contributed by atoms with van der Waals surface area (Å²) in [4.78, 5) is 26.8. The van der Waals surface area contributed by atoms with Crippen LogP contribution in [0.2, 0.25) is 0 Å². The molecule has 0 spiro atoms. The van der Waals surface area contributed by atoms with Gasteiger partial charge in [0, 0.05) is 12.6 Å². The van der Waals surface area contributed by atoms with Crippen molar-refractivity contribution < 1.29 is 14.3 Å². The highest BCUT2D eigenvalue weighted by atomic mass is 16.5. The van der Waals surface area contributed by atoms with E-state index in [1.165, 1.54) is 12.8 Å². The monoisotopic (exact) mass is 331 g/mol. The Morgan fingerprint density at radius 2 is 1.88 bits per heavy atom. The van der Waals surface area contributed by atoms with Gasteiger partial charge in [-0.1, -0.05) is 25.0 Å². The Hall–Kier alpha value is -2.24. The summed E-state index contributed by atoms with van der Waals surface area (Å²) >= 11 is 0. The van der Waals surface area contributed by atoms with E-state index in [2.05, 4.69) is 10.6 Å². The third-order valence-electron chi connectivity index (χ3n) is 4.87. The smallest absolute Gasteiger partial charge is 0.322 e. The van der Waals surface area contributed by atoms with Crippen molar-refractivity contribution >= 4 is 17.6 Å². The molecule has 2 N–H and O–H groups in total. The average Bonchev–Trinajstić information content (AvgIpc) is 3.26. The van der Waals surface area contributed by atoms with E-state index >= 15 is 0 Å². The molecule has 1 aromatic rings. The van der Waals surface area contributed by atoms with Gasteiger partial charge in [-0.05, 0) is 37.8 Å². The molecule has 1 saturated carbocycles. The van der Waals surface area contributed by atoms with Crippen LogP contribution in [0.25, 0.3) is 0 Å². The van der Waals surface area contributed by atoms with Crippen LogP contribution in [0.1, 0.15) is 38.5 Å². The fourth-order valence-electron chi connectivity index (χ4n) is 3.58. The molecule has 6 heteroatoms. The molecule has 1 aliphatic carbocycles. The standard InChI is InChI=1S/C18H25N3O3/c1-24-16-11-5-4-9-14(16)20-18(23)21-12-6-10-15(21)17(22)19-13-7-2-3-8-13/h4-5,9,11,13,15H,2-3,6-8,10,12H2,1H3,(H,19,22)(H,20,23)/t15-/m0/s1. The van der Waals surface area contributed by atoms with Crippen molar-refractivity contribution in [1.82, 2.24) is 10.2 Å². The van der Waals surface area contributed by atoms with Crippen molar-refractivity contribution in [2.45, 2.75) is 50.6 Å². The third kappa shape index (κ3) is 3.63. The number of para-hydroxylation sites is 2. The lowest BCUT2D eigenvalue weighted by molar-refractivity contribution is -0.125. The molecule has 0 unspecified atom stereocenters. The Labute approximate surface area is 142 Å². The first-order chi connectivity index (χ1) is 11.7. The van der Waals surface area contributed by atoms with Gasteiger partial charge in [-0.3, -0.25) is 4.79 Å². The lowest BCUT2D eigenvalue weighted by atomic mass is 10.1. The Morgan fingerprint density at radius 3 is 2.62 bits per heavy atom. The first-order valence-corrected chi connectivity index (χ1v) is 8.70. The van der Waals surface area contributed by atoms with Crippen LogP contribution in [0.15, 0.2) is 24.3 Å². The van der Waals surface area contributed by atoms with E-state index in [0.29, 0.717) is 18.0 Å². The number of ether oxygens (including phenoxy) is 1. The number of nitrogens with zero attached hydrogens (tertiary/aromatic N) is 1. The SMILES string of the molecule is COc1ccccc1NC(=O)N1CCC[C@H]1C(=O)NC1CCCC1. The number of urea groups is 1. The minimum atomic E-state index is -0.375. The molecule has 2 aliphatic rings. The van der Waals surface area contributed by atoms with Gasteiger partial charge in [0.2, 0.25) is 5.91 Å². The van der Waals surface area contributed by atoms with E-state index in [1.807, 2.05) is 12.1 Å². The van der Waals surface area contributed by atoms with Crippen molar-refractivity contribution in [3.05, 3.63) is 24.3 Å². The average molecular weight is 331 g/mol. The van der Waals surface area contributed by atoms with Crippen LogP contribution in [0, 0.1) is 0 Å². The van der Waals surface area contributed by atoms with Crippen LogP contribution in [0.5, 0.6) is 5.75 Å². The van der Waals surface area contributed by atoms with Crippen molar-refractivity contribution in [3.8, 4) is 5.75 Å². The number of hydrogen-bond donors (Lipinski definition) is 2. The molecule has 2 fully saturated rings. The van der Waals surface area contributed by atoms with Gasteiger partial charge in [0.05, 0.1) is 12.8 Å². The van der Waals surface area contributed by atoms with Gasteiger partial charge in [-0.2, -0.15) is 0 Å². The molecule has 1 heterocycles. The lowest BCUT2D eigenvalue weighted by Crippen LogP contribution is -2.49. The zero-order valence-corrected chi connectivity index (χ0v) is 14.1. The molecule has 3 rings (SSSR count). The fourth-order valence-corrected chi connectivity index (χ4v) is 3.58. The zero-order valence-electron chi connectivity index (χ0n) is 14.1. The van der Waals surface area contributed by atoms with E-state index < -0.39 is 0 Å². The number of rotatable bonds is 4. The number of hydrogen-bond acceptors (Lipinski definition) is 3. The second-order valence-electron chi connectivity index (χ2n) is 6.47. The highest BCUT2D eigenvalue weighted by molar-refractivity contribution is 5.95. The summed E-state index contributed by atoms with van der Waals surface area (Å²) in [5.74, 6) is 0.589. The highest BCUT2D eigenvalue weighted by Crippen LogP contribution is 2.26. The summed E-state index contributed by atoms with van der Waals surface area (Å²) in [6.45, 7) is 0.601. The van der Waals surface area contributed by atoms with Crippen molar-refractivity contribution in [2.24, 2.45) is 0 Å². The topological polar surface area (TPSA) is 70.7 Å². The van der Waals surface area contributed by atoms with E-state index in [1.54, 1.807) is 24.1 Å². The van der Waals surface area contributed by atoms with Crippen LogP contribution >= 0.6 is 0 Å². The first kappa shape index (κ1) is 16.6. The van der Waals surface area contributed by atoms with Gasteiger partial charge < -0.3 is 20.3 Å². The number of benzene rings is 1. The molecule has 1 aromatic carbocycles. The number of amides is 3. The number of carbonyl (C=O) groups is 2. The van der Waals surface area contributed by atoms with Gasteiger partial charge in [-0.25, -0.2) is 4.79 Å². The van der Waals surface area contributed by atoms with Gasteiger partial charge in [0.15, 0.2) is 0 Å². The molecule has 6 nitrogen and oxygen atoms in total. The van der Waals surface area contributed by atoms with Gasteiger partial charge in [0.1, 0.15) is 11.8 Å². The predicted molar refractivity (Wildman–Crippen MR) is 92.1 cm³/mol. The van der Waals surface area contributed by atoms with Crippen LogP contribution < -0.4 is 15.4 Å². The first-order valence-electron chi connectivity index (χ1n) is 8.70. The lowest BCUT2D eigenvalue weighted by Gasteiger charge is -2.26. The summed E-state index contributed by atoms with van der Waals surface area (Å²) in [6.07, 6.45) is 6.01. The van der Waals surface area contributed by atoms with Crippen LogP contribution in [-0.4, -0.2) is 42.6 Å². The van der Waals surface area contributed by atoms with E-state index in [0.717, 1.165) is 25.7 Å². The molecule has 1 atom stereocenters. The highest BCUT2D eigenvalue weighted by Gasteiger charge is 2.35. The van der Waals surface area contributed by atoms with E-state index in [9.17, 15) is 9.59 Å². The molecule has 1 saturated heterocycles. The number of likely N-dealkylation sites (tertiary alicyclic amines) is 1. The second-order valence-corrected chi connectivity index (χ2v) is 6.47. The largest absolute Gasteiger partial charge is 0.495 e. The van der Waals surface area contributed by atoms with Crippen molar-refractivity contribution in [2.75, 3.05) is 19.0 Å². The molecule has 0 aromatic heterocycles. The van der Waals surface area contributed by atoms with Crippen LogP contribution in [0.4, 0.5) is 10.5 Å². The van der Waals surface area contributed by atoms with E-state index in [-0.39, 0.29) is 24.0 Å². The minimum Gasteiger partial charge on any atom is -0.495 e. The summed E-state index contributed by atoms with van der Waals surface area (Å²) in [5, 5.41) is 5.97. The minimum absolute atomic E-state index is 0.0189. The summed E-state index contributed by atoms with van der Waals surface area (Å²) in [5.41, 5.74) is 0.617. The molecular weight excluding hydrogens is 306 g/mol. The maximum Gasteiger partial charge on any atom is 0.322 e. The van der Waals surface area contributed by atoms with Gasteiger partial charge in [-0.15, -0.1) is 0 Å². The van der Waals surface area contributed by atoms with Gasteiger partial charge >= 0.3 is 6.03 Å². The molecule has 24 heavy (non-hydrogen) atoms.